The molecule has 2 amide bonds. The van der Waals surface area contributed by atoms with Crippen LogP contribution >= 0.6 is 11.8 Å². The lowest BCUT2D eigenvalue weighted by molar-refractivity contribution is -0.139. The number of thioether (sulfide) groups is 1. The zero-order valence-corrected chi connectivity index (χ0v) is 19.4. The van der Waals surface area contributed by atoms with Gasteiger partial charge in [0.2, 0.25) is 11.8 Å². The number of benzene rings is 2. The lowest BCUT2D eigenvalue weighted by Crippen LogP contribution is -2.50. The molecule has 1 atom stereocenters. The second kappa shape index (κ2) is 12.3. The molecule has 2 aromatic carbocycles. The minimum absolute atomic E-state index is 0.0186. The van der Waals surface area contributed by atoms with Crippen LogP contribution in [0.2, 0.25) is 0 Å². The zero-order valence-electron chi connectivity index (χ0n) is 18.6. The number of methoxy groups -OCH3 is 1. The van der Waals surface area contributed by atoms with E-state index in [0.717, 1.165) is 11.3 Å². The molecule has 0 heterocycles. The molecule has 0 bridgehead atoms. The summed E-state index contributed by atoms with van der Waals surface area (Å²) < 4.78 is 19.1. The quantitative estimate of drug-likeness (QED) is 0.556. The molecule has 1 N–H and O–H groups in total. The number of amides is 2. The van der Waals surface area contributed by atoms with Gasteiger partial charge in [-0.2, -0.15) is 0 Å². The van der Waals surface area contributed by atoms with Gasteiger partial charge in [0.05, 0.1) is 12.9 Å². The van der Waals surface area contributed by atoms with E-state index >= 15 is 0 Å². The number of halogens is 1. The lowest BCUT2D eigenvalue weighted by atomic mass is 10.1. The second-order valence-electron chi connectivity index (χ2n) is 7.54. The van der Waals surface area contributed by atoms with Crippen molar-refractivity contribution >= 4 is 23.6 Å². The van der Waals surface area contributed by atoms with Gasteiger partial charge in [-0.25, -0.2) is 4.39 Å². The van der Waals surface area contributed by atoms with E-state index in [2.05, 4.69) is 5.32 Å². The van der Waals surface area contributed by atoms with Crippen LogP contribution in [0.15, 0.2) is 48.5 Å². The van der Waals surface area contributed by atoms with Gasteiger partial charge >= 0.3 is 0 Å². The highest BCUT2D eigenvalue weighted by Gasteiger charge is 2.28. The average molecular weight is 447 g/mol. The normalized spacial score (nSPS) is 11.8. The van der Waals surface area contributed by atoms with Crippen molar-refractivity contribution in [2.24, 2.45) is 0 Å². The van der Waals surface area contributed by atoms with Crippen molar-refractivity contribution < 1.29 is 18.7 Å². The van der Waals surface area contributed by atoms with Crippen LogP contribution in [0, 0.1) is 5.82 Å². The molecular weight excluding hydrogens is 415 g/mol. The van der Waals surface area contributed by atoms with Gasteiger partial charge in [0.25, 0.3) is 0 Å². The number of hydrogen-bond acceptors (Lipinski definition) is 4. The van der Waals surface area contributed by atoms with E-state index in [4.69, 9.17) is 4.74 Å². The molecule has 0 aliphatic carbocycles. The van der Waals surface area contributed by atoms with Crippen LogP contribution in [0.3, 0.4) is 0 Å². The molecule has 5 nitrogen and oxygen atoms in total. The zero-order chi connectivity index (χ0) is 22.8. The summed E-state index contributed by atoms with van der Waals surface area (Å²) in [6.07, 6.45) is 0.498. The number of hydrogen-bond donors (Lipinski definition) is 1. The number of nitrogens with zero attached hydrogens (tertiary/aromatic N) is 1. The summed E-state index contributed by atoms with van der Waals surface area (Å²) in [6.45, 7) is 5.99. The Balaban J connectivity index is 2.14. The van der Waals surface area contributed by atoms with Crippen LogP contribution in [0.4, 0.5) is 4.39 Å². The first kappa shape index (κ1) is 24.7. The molecule has 0 saturated carbocycles. The highest BCUT2D eigenvalue weighted by atomic mass is 32.2. The first-order valence-corrected chi connectivity index (χ1v) is 11.5. The van der Waals surface area contributed by atoms with Crippen LogP contribution < -0.4 is 10.1 Å². The van der Waals surface area contributed by atoms with Crippen molar-refractivity contribution in [3.05, 3.63) is 65.5 Å². The lowest BCUT2D eigenvalue weighted by Gasteiger charge is -2.31. The fourth-order valence-electron chi connectivity index (χ4n) is 3.17. The van der Waals surface area contributed by atoms with Crippen LogP contribution in [0.5, 0.6) is 5.75 Å². The Morgan fingerprint density at radius 3 is 2.39 bits per heavy atom. The molecule has 0 aromatic heterocycles. The predicted molar refractivity (Wildman–Crippen MR) is 123 cm³/mol. The molecule has 0 saturated heterocycles. The van der Waals surface area contributed by atoms with E-state index in [9.17, 15) is 14.0 Å². The fraction of sp³-hybridized carbons (Fsp3) is 0.417. The Morgan fingerprint density at radius 2 is 1.81 bits per heavy atom. The van der Waals surface area contributed by atoms with Gasteiger partial charge in [0, 0.05) is 18.3 Å². The van der Waals surface area contributed by atoms with Crippen molar-refractivity contribution in [3.8, 4) is 5.75 Å². The smallest absolute Gasteiger partial charge is 0.243 e. The fourth-order valence-corrected chi connectivity index (χ4v) is 4.07. The molecule has 7 heteroatoms. The van der Waals surface area contributed by atoms with Gasteiger partial charge in [-0.3, -0.25) is 9.59 Å². The third-order valence-corrected chi connectivity index (χ3v) is 5.74. The Bertz CT molecular complexity index is 858. The third-order valence-electron chi connectivity index (χ3n) is 4.77. The van der Waals surface area contributed by atoms with Crippen LogP contribution in [0.1, 0.15) is 38.3 Å². The molecular formula is C24H31FN2O3S. The highest BCUT2D eigenvalue weighted by Crippen LogP contribution is 2.20. The molecule has 0 radical (unpaired) electrons. The third kappa shape index (κ3) is 7.58. The van der Waals surface area contributed by atoms with Gasteiger partial charge in [0.1, 0.15) is 17.6 Å². The van der Waals surface area contributed by atoms with E-state index in [1.807, 2.05) is 45.0 Å². The van der Waals surface area contributed by atoms with Gasteiger partial charge in [-0.05, 0) is 49.6 Å². The van der Waals surface area contributed by atoms with E-state index < -0.39 is 6.04 Å². The maximum absolute atomic E-state index is 13.9. The van der Waals surface area contributed by atoms with E-state index in [1.165, 1.54) is 17.8 Å². The highest BCUT2D eigenvalue weighted by molar-refractivity contribution is 7.99. The summed E-state index contributed by atoms with van der Waals surface area (Å²) in [5.41, 5.74) is 1.47. The number of nitrogens with one attached hydrogen (secondary N) is 1. The topological polar surface area (TPSA) is 58.6 Å². The van der Waals surface area contributed by atoms with E-state index in [0.29, 0.717) is 24.3 Å². The van der Waals surface area contributed by atoms with Gasteiger partial charge < -0.3 is 15.0 Å². The summed E-state index contributed by atoms with van der Waals surface area (Å²) in [4.78, 5) is 27.5. The molecule has 0 spiro atoms. The average Bonchev–Trinajstić information content (AvgIpc) is 2.74. The molecule has 2 rings (SSSR count). The van der Waals surface area contributed by atoms with Crippen LogP contribution in [-0.4, -0.2) is 41.7 Å². The standard InChI is InChI=1S/C24H31FN2O3S/c1-5-22(24(29)26-17(2)3)27(14-18-10-12-20(30-4)13-11-18)23(28)16-31-15-19-8-6-7-9-21(19)25/h6-13,17,22H,5,14-16H2,1-4H3,(H,26,29)/t22-/m0/s1. The van der Waals surface area contributed by atoms with Crippen LogP contribution in [0.25, 0.3) is 0 Å². The summed E-state index contributed by atoms with van der Waals surface area (Å²) in [6, 6.07) is 13.4. The molecule has 168 valence electrons. The Hall–Kier alpha value is -2.54. The van der Waals surface area contributed by atoms with Crippen molar-refractivity contribution in [1.29, 1.82) is 0 Å². The SMILES string of the molecule is CC[C@@H](C(=O)NC(C)C)N(Cc1ccc(OC)cc1)C(=O)CSCc1ccccc1F. The molecule has 0 aliphatic heterocycles. The Kier molecular flexibility index (Phi) is 9.85. The minimum atomic E-state index is -0.578. The number of rotatable bonds is 11. The monoisotopic (exact) mass is 446 g/mol. The summed E-state index contributed by atoms with van der Waals surface area (Å²) >= 11 is 1.34. The van der Waals surface area contributed by atoms with Crippen molar-refractivity contribution in [2.75, 3.05) is 12.9 Å². The Morgan fingerprint density at radius 1 is 1.13 bits per heavy atom. The van der Waals surface area contributed by atoms with Crippen molar-refractivity contribution in [3.63, 3.8) is 0 Å². The van der Waals surface area contributed by atoms with E-state index in [1.54, 1.807) is 30.2 Å². The van der Waals surface area contributed by atoms with Crippen LogP contribution in [-0.2, 0) is 21.9 Å². The largest absolute Gasteiger partial charge is 0.497 e. The maximum atomic E-state index is 13.9. The summed E-state index contributed by atoms with van der Waals surface area (Å²) in [5, 5.41) is 2.91. The number of carbonyl (C=O) groups excluding carboxylic acids is 2. The first-order chi connectivity index (χ1) is 14.8. The summed E-state index contributed by atoms with van der Waals surface area (Å²) in [7, 11) is 1.60. The minimum Gasteiger partial charge on any atom is -0.497 e. The number of carbonyl (C=O) groups is 2. The number of ether oxygens (including phenoxy) is 1. The molecule has 2 aromatic rings. The molecule has 0 unspecified atom stereocenters. The van der Waals surface area contributed by atoms with E-state index in [-0.39, 0.29) is 29.4 Å². The maximum Gasteiger partial charge on any atom is 0.243 e. The first-order valence-electron chi connectivity index (χ1n) is 10.4. The molecule has 31 heavy (non-hydrogen) atoms. The summed E-state index contributed by atoms with van der Waals surface area (Å²) in [5.74, 6) is 0.688. The van der Waals surface area contributed by atoms with Crippen molar-refractivity contribution in [2.45, 2.75) is 51.6 Å². The molecule has 0 aliphatic rings. The molecule has 0 fully saturated rings. The van der Waals surface area contributed by atoms with Gasteiger partial charge in [-0.15, -0.1) is 11.8 Å². The predicted octanol–water partition coefficient (Wildman–Crippen LogP) is 4.40. The Labute approximate surface area is 188 Å². The second-order valence-corrected chi connectivity index (χ2v) is 8.53. The van der Waals surface area contributed by atoms with Gasteiger partial charge in [0.15, 0.2) is 0 Å². The van der Waals surface area contributed by atoms with Crippen molar-refractivity contribution in [1.82, 2.24) is 10.2 Å². The van der Waals surface area contributed by atoms with Gasteiger partial charge in [-0.1, -0.05) is 37.3 Å².